The van der Waals surface area contributed by atoms with Crippen molar-refractivity contribution in [3.63, 3.8) is 0 Å². The van der Waals surface area contributed by atoms with Crippen molar-refractivity contribution in [2.24, 2.45) is 5.92 Å². The summed E-state index contributed by atoms with van der Waals surface area (Å²) in [6.45, 7) is 21.9. The van der Waals surface area contributed by atoms with Crippen LogP contribution in [-0.4, -0.2) is 67.3 Å². The molecule has 6 atom stereocenters. The summed E-state index contributed by atoms with van der Waals surface area (Å²) in [5.74, 6) is -1.90. The molecule has 0 unspecified atom stereocenters. The van der Waals surface area contributed by atoms with Gasteiger partial charge in [0.15, 0.2) is 14.1 Å². The van der Waals surface area contributed by atoms with Crippen molar-refractivity contribution in [2.75, 3.05) is 6.61 Å². The van der Waals surface area contributed by atoms with Crippen molar-refractivity contribution in [1.82, 2.24) is 0 Å². The minimum Gasteiger partial charge on any atom is -0.462 e. The van der Waals surface area contributed by atoms with Gasteiger partial charge in [0.2, 0.25) is 0 Å². The normalized spacial score (nSPS) is 30.6. The van der Waals surface area contributed by atoms with E-state index in [0.29, 0.717) is 32.1 Å². The average molecular weight is 571 g/mol. The van der Waals surface area contributed by atoms with Crippen molar-refractivity contribution in [1.29, 1.82) is 0 Å². The molecule has 1 N–H and O–H groups in total. The quantitative estimate of drug-likeness (QED) is 0.172. The lowest BCUT2D eigenvalue weighted by Crippen LogP contribution is -2.61. The van der Waals surface area contributed by atoms with Crippen molar-refractivity contribution in [3.8, 4) is 0 Å². The zero-order chi connectivity index (χ0) is 29.6. The van der Waals surface area contributed by atoms with Gasteiger partial charge in [-0.25, -0.2) is 0 Å². The molecule has 9 heteroatoms. The lowest BCUT2D eigenvalue weighted by atomic mass is 9.80. The molecule has 0 radical (unpaired) electrons. The Bertz CT molecular complexity index is 842. The van der Waals surface area contributed by atoms with Gasteiger partial charge >= 0.3 is 11.9 Å². The van der Waals surface area contributed by atoms with E-state index in [0.717, 1.165) is 23.7 Å². The zero-order valence-electron chi connectivity index (χ0n) is 25.9. The van der Waals surface area contributed by atoms with Gasteiger partial charge in [-0.15, -0.1) is 0 Å². The fraction of sp³-hybridized carbons (Fsp3) is 0.867. The first-order chi connectivity index (χ1) is 18.0. The SMILES string of the molecule is C=C(C[C@H]1C[C@](C)(O[Si](CC)(CC)CC)C[C@@]2(C[C@@H](OC(C)=O)C[C@H](CC(=O)OC(C)(C)C)O2)O1)[C@@H](C)CO. The largest absolute Gasteiger partial charge is 0.462 e. The van der Waals surface area contributed by atoms with E-state index in [2.05, 4.69) is 34.3 Å². The number of hydrogen-bond acceptors (Lipinski definition) is 8. The number of aliphatic hydroxyl groups is 1. The molecule has 2 aliphatic rings. The van der Waals surface area contributed by atoms with E-state index in [9.17, 15) is 14.7 Å². The zero-order valence-corrected chi connectivity index (χ0v) is 26.9. The van der Waals surface area contributed by atoms with Crippen LogP contribution in [0, 0.1) is 5.92 Å². The Hall–Kier alpha value is -1.26. The molecule has 0 bridgehead atoms. The molecular formula is C30H54O8Si. The van der Waals surface area contributed by atoms with E-state index in [1.54, 1.807) is 0 Å². The number of ether oxygens (including phenoxy) is 4. The molecular weight excluding hydrogens is 516 g/mol. The summed E-state index contributed by atoms with van der Waals surface area (Å²) in [6.07, 6.45) is 1.21. The first-order valence-corrected chi connectivity index (χ1v) is 17.3. The molecule has 8 nitrogen and oxygen atoms in total. The molecule has 0 aromatic heterocycles. The Labute approximate surface area is 237 Å². The molecule has 0 aromatic carbocycles. The second-order valence-corrected chi connectivity index (χ2v) is 17.7. The molecule has 2 saturated heterocycles. The highest BCUT2D eigenvalue weighted by Crippen LogP contribution is 2.48. The van der Waals surface area contributed by atoms with E-state index < -0.39 is 37.5 Å². The number of rotatable bonds is 12. The van der Waals surface area contributed by atoms with Gasteiger partial charge in [-0.05, 0) is 58.2 Å². The molecule has 2 heterocycles. The summed E-state index contributed by atoms with van der Waals surface area (Å²) in [4.78, 5) is 24.8. The van der Waals surface area contributed by atoms with Gasteiger partial charge in [0.1, 0.15) is 11.7 Å². The van der Waals surface area contributed by atoms with Crippen molar-refractivity contribution in [2.45, 2.75) is 154 Å². The van der Waals surface area contributed by atoms with Crippen LogP contribution in [0.15, 0.2) is 12.2 Å². The standard InChI is InChI=1S/C30H54O8Si/c1-11-39(12-2,13-3)38-29(10)17-26(14-21(4)22(5)19-31)36-30(20-29)18-25(34-23(6)32)15-24(35-30)16-27(33)37-28(7,8)9/h22,24-26,31H,4,11-20H2,1-3,5-10H3/t22-,24+,25-,26-,29-,30+/m0/s1. The van der Waals surface area contributed by atoms with Gasteiger partial charge in [0.25, 0.3) is 0 Å². The van der Waals surface area contributed by atoms with Crippen molar-refractivity contribution in [3.05, 3.63) is 12.2 Å². The molecule has 2 fully saturated rings. The molecule has 226 valence electrons. The minimum absolute atomic E-state index is 0.0188. The molecule has 1 spiro atoms. The van der Waals surface area contributed by atoms with Gasteiger partial charge in [-0.3, -0.25) is 9.59 Å². The molecule has 0 aliphatic carbocycles. The Kier molecular flexibility index (Phi) is 11.8. The molecule has 2 rings (SSSR count). The fourth-order valence-electron chi connectivity index (χ4n) is 6.15. The van der Waals surface area contributed by atoms with Gasteiger partial charge in [-0.1, -0.05) is 39.8 Å². The van der Waals surface area contributed by atoms with Crippen LogP contribution in [-0.2, 0) is 33.0 Å². The van der Waals surface area contributed by atoms with Crippen molar-refractivity contribution < 1.29 is 38.1 Å². The summed E-state index contributed by atoms with van der Waals surface area (Å²) in [5.41, 5.74) is -0.242. The van der Waals surface area contributed by atoms with Crippen LogP contribution in [0.3, 0.4) is 0 Å². The number of hydrogen-bond donors (Lipinski definition) is 1. The highest BCUT2D eigenvalue weighted by atomic mass is 28.4. The van der Waals surface area contributed by atoms with E-state index in [4.69, 9.17) is 23.4 Å². The van der Waals surface area contributed by atoms with E-state index in [-0.39, 0.29) is 37.0 Å². The van der Waals surface area contributed by atoms with E-state index in [1.165, 1.54) is 6.92 Å². The molecule has 39 heavy (non-hydrogen) atoms. The van der Waals surface area contributed by atoms with Gasteiger partial charge in [-0.2, -0.15) is 0 Å². The predicted octanol–water partition coefficient (Wildman–Crippen LogP) is 6.06. The summed E-state index contributed by atoms with van der Waals surface area (Å²) < 4.78 is 31.8. The van der Waals surface area contributed by atoms with Gasteiger partial charge in [0.05, 0.1) is 24.2 Å². The first kappa shape index (κ1) is 33.9. The molecule has 0 aromatic rings. The van der Waals surface area contributed by atoms with E-state index >= 15 is 0 Å². The van der Waals surface area contributed by atoms with Crippen LogP contribution < -0.4 is 0 Å². The lowest BCUT2D eigenvalue weighted by Gasteiger charge is -2.55. The smallest absolute Gasteiger partial charge is 0.308 e. The number of aliphatic hydroxyl groups excluding tert-OH is 1. The number of esters is 2. The third kappa shape index (κ3) is 9.95. The maximum Gasteiger partial charge on any atom is 0.308 e. The van der Waals surface area contributed by atoms with Crippen LogP contribution >= 0.6 is 0 Å². The topological polar surface area (TPSA) is 101 Å². The molecule has 0 saturated carbocycles. The van der Waals surface area contributed by atoms with Crippen LogP contribution in [0.5, 0.6) is 0 Å². The van der Waals surface area contributed by atoms with Crippen LogP contribution in [0.25, 0.3) is 0 Å². The maximum absolute atomic E-state index is 12.8. The monoisotopic (exact) mass is 570 g/mol. The first-order valence-electron chi connectivity index (χ1n) is 14.7. The summed E-state index contributed by atoms with van der Waals surface area (Å²) in [7, 11) is -2.00. The highest BCUT2D eigenvalue weighted by molar-refractivity contribution is 6.73. The Morgan fingerprint density at radius 3 is 2.18 bits per heavy atom. The molecule has 2 aliphatic heterocycles. The third-order valence-electron chi connectivity index (χ3n) is 8.13. The summed E-state index contributed by atoms with van der Waals surface area (Å²) >= 11 is 0. The minimum atomic E-state index is -2.00. The second-order valence-electron chi connectivity index (χ2n) is 13.0. The summed E-state index contributed by atoms with van der Waals surface area (Å²) in [5, 5.41) is 9.71. The maximum atomic E-state index is 12.8. The Morgan fingerprint density at radius 2 is 1.67 bits per heavy atom. The number of carbonyl (C=O) groups excluding carboxylic acids is 2. The summed E-state index contributed by atoms with van der Waals surface area (Å²) in [6, 6.07) is 3.04. The van der Waals surface area contributed by atoms with Crippen LogP contribution in [0.1, 0.15) is 101 Å². The second kappa shape index (κ2) is 13.6. The fourth-order valence-corrected chi connectivity index (χ4v) is 9.28. The van der Waals surface area contributed by atoms with Crippen molar-refractivity contribution >= 4 is 20.3 Å². The number of carbonyl (C=O) groups is 2. The van der Waals surface area contributed by atoms with Crippen LogP contribution in [0.2, 0.25) is 18.1 Å². The van der Waals surface area contributed by atoms with E-state index in [1.807, 2.05) is 27.7 Å². The lowest BCUT2D eigenvalue weighted by molar-refractivity contribution is -0.347. The Morgan fingerprint density at radius 1 is 1.08 bits per heavy atom. The molecule has 0 amide bonds. The average Bonchev–Trinajstić information content (AvgIpc) is 2.79. The van der Waals surface area contributed by atoms with Gasteiger partial charge in [0, 0.05) is 39.2 Å². The van der Waals surface area contributed by atoms with Gasteiger partial charge < -0.3 is 28.5 Å². The van der Waals surface area contributed by atoms with Crippen LogP contribution in [0.4, 0.5) is 0 Å². The highest BCUT2D eigenvalue weighted by Gasteiger charge is 2.55. The predicted molar refractivity (Wildman–Crippen MR) is 154 cm³/mol. The Balaban J connectivity index is 2.45. The third-order valence-corrected chi connectivity index (χ3v) is 12.9.